The van der Waals surface area contributed by atoms with E-state index in [-0.39, 0.29) is 0 Å². The highest BCUT2D eigenvalue weighted by molar-refractivity contribution is 5.51. The summed E-state index contributed by atoms with van der Waals surface area (Å²) in [6.45, 7) is 0. The Labute approximate surface area is 75.0 Å². The van der Waals surface area contributed by atoms with Crippen LogP contribution in [0.15, 0.2) is 23.0 Å². The van der Waals surface area contributed by atoms with Crippen LogP contribution in [-0.4, -0.2) is 15.2 Å². The van der Waals surface area contributed by atoms with Crippen LogP contribution < -0.4 is 0 Å². The van der Waals surface area contributed by atoms with Gasteiger partial charge in [0, 0.05) is 5.92 Å². The van der Waals surface area contributed by atoms with Gasteiger partial charge < -0.3 is 4.42 Å². The first kappa shape index (κ1) is 6.88. The Balaban J connectivity index is 1.97. The van der Waals surface area contributed by atoms with Gasteiger partial charge in [-0.25, -0.2) is 4.98 Å². The molecule has 2 aromatic heterocycles. The van der Waals surface area contributed by atoms with Gasteiger partial charge in [0.05, 0.1) is 11.8 Å². The van der Waals surface area contributed by atoms with Crippen molar-refractivity contribution in [3.05, 3.63) is 24.4 Å². The quantitative estimate of drug-likeness (QED) is 0.758. The lowest BCUT2D eigenvalue weighted by atomic mass is 10.3. The maximum absolute atomic E-state index is 4.96. The summed E-state index contributed by atoms with van der Waals surface area (Å²) in [7, 11) is 0. The smallest absolute Gasteiger partial charge is 0.184 e. The van der Waals surface area contributed by atoms with Gasteiger partial charge in [-0.15, -0.1) is 0 Å². The molecule has 4 nitrogen and oxygen atoms in total. The van der Waals surface area contributed by atoms with E-state index < -0.39 is 0 Å². The van der Waals surface area contributed by atoms with E-state index in [4.69, 9.17) is 4.42 Å². The van der Waals surface area contributed by atoms with Crippen molar-refractivity contribution in [2.24, 2.45) is 0 Å². The Morgan fingerprint density at radius 2 is 2.38 bits per heavy atom. The van der Waals surface area contributed by atoms with Crippen LogP contribution >= 0.6 is 0 Å². The standard InChI is InChI=1S/C9H9N3O/c1-2-6(1)8-10-9(12-11-8)7-3-4-13-5-7/h3-6H,1-2H2,(H,10,11,12). The number of H-pyrrole nitrogens is 1. The van der Waals surface area contributed by atoms with Crippen LogP contribution in [0.25, 0.3) is 11.4 Å². The van der Waals surface area contributed by atoms with E-state index in [1.54, 1.807) is 12.5 Å². The van der Waals surface area contributed by atoms with Gasteiger partial charge in [-0.3, -0.25) is 5.10 Å². The van der Waals surface area contributed by atoms with Gasteiger partial charge in [0.25, 0.3) is 0 Å². The number of nitrogens with zero attached hydrogens (tertiary/aromatic N) is 2. The molecule has 2 aromatic rings. The Hall–Kier alpha value is -1.58. The van der Waals surface area contributed by atoms with E-state index in [1.807, 2.05) is 6.07 Å². The molecule has 0 radical (unpaired) electrons. The van der Waals surface area contributed by atoms with Crippen LogP contribution in [0.2, 0.25) is 0 Å². The number of hydrogen-bond donors (Lipinski definition) is 1. The molecule has 1 saturated carbocycles. The summed E-state index contributed by atoms with van der Waals surface area (Å²) in [6.07, 6.45) is 5.75. The monoisotopic (exact) mass is 175 g/mol. The van der Waals surface area contributed by atoms with Gasteiger partial charge in [0.15, 0.2) is 5.82 Å². The largest absolute Gasteiger partial charge is 0.472 e. The number of hydrogen-bond acceptors (Lipinski definition) is 3. The Morgan fingerprint density at radius 1 is 1.46 bits per heavy atom. The van der Waals surface area contributed by atoms with Crippen molar-refractivity contribution in [1.82, 2.24) is 15.2 Å². The van der Waals surface area contributed by atoms with E-state index in [0.717, 1.165) is 17.2 Å². The molecule has 0 atom stereocenters. The molecular weight excluding hydrogens is 166 g/mol. The van der Waals surface area contributed by atoms with Crippen molar-refractivity contribution in [2.75, 3.05) is 0 Å². The molecule has 0 unspecified atom stereocenters. The third-order valence-electron chi connectivity index (χ3n) is 2.25. The molecule has 13 heavy (non-hydrogen) atoms. The first-order chi connectivity index (χ1) is 6.43. The predicted octanol–water partition coefficient (Wildman–Crippen LogP) is 1.94. The molecule has 0 aliphatic heterocycles. The molecule has 0 spiro atoms. The van der Waals surface area contributed by atoms with Crippen LogP contribution in [0.5, 0.6) is 0 Å². The van der Waals surface area contributed by atoms with Crippen molar-refractivity contribution in [3.8, 4) is 11.4 Å². The summed E-state index contributed by atoms with van der Waals surface area (Å²) in [5.41, 5.74) is 0.933. The van der Waals surface area contributed by atoms with Crippen molar-refractivity contribution >= 4 is 0 Å². The van der Waals surface area contributed by atoms with Gasteiger partial charge in [-0.2, -0.15) is 5.10 Å². The molecule has 0 bridgehead atoms. The molecule has 1 fully saturated rings. The predicted molar refractivity (Wildman–Crippen MR) is 46.1 cm³/mol. The van der Waals surface area contributed by atoms with Crippen molar-refractivity contribution in [3.63, 3.8) is 0 Å². The molecule has 66 valence electrons. The first-order valence-electron chi connectivity index (χ1n) is 4.38. The maximum atomic E-state index is 4.96. The second-order valence-electron chi connectivity index (χ2n) is 3.33. The minimum atomic E-state index is 0.619. The van der Waals surface area contributed by atoms with Gasteiger partial charge in [0.2, 0.25) is 0 Å². The van der Waals surface area contributed by atoms with E-state index in [1.165, 1.54) is 12.8 Å². The molecule has 1 N–H and O–H groups in total. The average molecular weight is 175 g/mol. The Morgan fingerprint density at radius 3 is 3.08 bits per heavy atom. The molecule has 3 rings (SSSR count). The second kappa shape index (κ2) is 2.45. The summed E-state index contributed by atoms with van der Waals surface area (Å²) in [5, 5.41) is 7.08. The van der Waals surface area contributed by atoms with Gasteiger partial charge in [-0.05, 0) is 18.9 Å². The van der Waals surface area contributed by atoms with Gasteiger partial charge in [0.1, 0.15) is 12.1 Å². The molecule has 0 saturated heterocycles. The number of furan rings is 1. The lowest BCUT2D eigenvalue weighted by Gasteiger charge is -1.84. The third kappa shape index (κ3) is 1.14. The lowest BCUT2D eigenvalue weighted by Crippen LogP contribution is -1.80. The van der Waals surface area contributed by atoms with Crippen molar-refractivity contribution < 1.29 is 4.42 Å². The fourth-order valence-corrected chi connectivity index (χ4v) is 1.33. The molecular formula is C9H9N3O. The summed E-state index contributed by atoms with van der Waals surface area (Å²) >= 11 is 0. The third-order valence-corrected chi connectivity index (χ3v) is 2.25. The summed E-state index contributed by atoms with van der Waals surface area (Å²) in [4.78, 5) is 4.39. The van der Waals surface area contributed by atoms with Gasteiger partial charge >= 0.3 is 0 Å². The SMILES string of the molecule is c1cc(-c2n[nH]c(C3CC3)n2)co1. The van der Waals surface area contributed by atoms with E-state index in [2.05, 4.69) is 15.2 Å². The van der Waals surface area contributed by atoms with Crippen LogP contribution in [-0.2, 0) is 0 Å². The minimum absolute atomic E-state index is 0.619. The fourth-order valence-electron chi connectivity index (χ4n) is 1.33. The van der Waals surface area contributed by atoms with E-state index >= 15 is 0 Å². The zero-order chi connectivity index (χ0) is 8.67. The molecule has 1 aliphatic rings. The number of aromatic amines is 1. The lowest BCUT2D eigenvalue weighted by molar-refractivity contribution is 0.568. The summed E-state index contributed by atoms with van der Waals surface area (Å²) < 4.78 is 4.96. The zero-order valence-electron chi connectivity index (χ0n) is 7.03. The van der Waals surface area contributed by atoms with E-state index in [0.29, 0.717) is 5.92 Å². The zero-order valence-corrected chi connectivity index (χ0v) is 7.03. The van der Waals surface area contributed by atoms with Crippen LogP contribution in [0.4, 0.5) is 0 Å². The summed E-state index contributed by atoms with van der Waals surface area (Å²) in [6, 6.07) is 1.86. The topological polar surface area (TPSA) is 54.7 Å². The van der Waals surface area contributed by atoms with Crippen molar-refractivity contribution in [2.45, 2.75) is 18.8 Å². The molecule has 2 heterocycles. The molecule has 0 aromatic carbocycles. The van der Waals surface area contributed by atoms with E-state index in [9.17, 15) is 0 Å². The second-order valence-corrected chi connectivity index (χ2v) is 3.33. The van der Waals surface area contributed by atoms with Gasteiger partial charge in [-0.1, -0.05) is 0 Å². The Bertz CT molecular complexity index is 400. The number of rotatable bonds is 2. The molecule has 0 amide bonds. The van der Waals surface area contributed by atoms with Crippen LogP contribution in [0, 0.1) is 0 Å². The normalized spacial score (nSPS) is 16.3. The number of aromatic nitrogens is 3. The maximum Gasteiger partial charge on any atom is 0.184 e. The highest BCUT2D eigenvalue weighted by atomic mass is 16.3. The minimum Gasteiger partial charge on any atom is -0.472 e. The highest BCUT2D eigenvalue weighted by Crippen LogP contribution is 2.38. The highest BCUT2D eigenvalue weighted by Gasteiger charge is 2.27. The summed E-state index contributed by atoms with van der Waals surface area (Å²) in [5.74, 6) is 2.36. The van der Waals surface area contributed by atoms with Crippen molar-refractivity contribution in [1.29, 1.82) is 0 Å². The van der Waals surface area contributed by atoms with Crippen LogP contribution in [0.1, 0.15) is 24.6 Å². The Kier molecular flexibility index (Phi) is 1.30. The number of nitrogens with one attached hydrogen (secondary N) is 1. The molecule has 1 aliphatic carbocycles. The molecule has 4 heteroatoms. The van der Waals surface area contributed by atoms with Crippen LogP contribution in [0.3, 0.4) is 0 Å². The first-order valence-corrected chi connectivity index (χ1v) is 4.38. The average Bonchev–Trinajstić information content (AvgIpc) is 2.72. The fraction of sp³-hybridized carbons (Fsp3) is 0.333.